The number of carbonyl (C=O) groups is 1. The van der Waals surface area contributed by atoms with Crippen molar-refractivity contribution in [2.75, 3.05) is 0 Å². The monoisotopic (exact) mass is 150 g/mol. The van der Waals surface area contributed by atoms with Crippen molar-refractivity contribution in [3.05, 3.63) is 0 Å². The molecule has 0 aliphatic heterocycles. The van der Waals surface area contributed by atoms with E-state index in [0.29, 0.717) is 0 Å². The van der Waals surface area contributed by atoms with Crippen LogP contribution in [-0.2, 0) is 4.79 Å². The Bertz CT molecular complexity index is 131. The molecule has 0 spiro atoms. The first-order valence-electron chi connectivity index (χ1n) is 2.04. The Hall–Kier alpha value is -0.790. The fourth-order valence-corrected chi connectivity index (χ4v) is 0.186. The van der Waals surface area contributed by atoms with E-state index in [1.54, 1.807) is 6.07 Å². The topological polar surface area (TPSA) is 87.1 Å². The van der Waals surface area contributed by atoms with Gasteiger partial charge in [0, 0.05) is 0 Å². The molecule has 0 rings (SSSR count). The van der Waals surface area contributed by atoms with Crippen molar-refractivity contribution in [2.45, 2.75) is 12.5 Å². The third-order valence-electron chi connectivity index (χ3n) is 0.628. The smallest absolute Gasteiger partial charge is 0.321 e. The number of hydrogen-bond donors (Lipinski definition) is 2. The van der Waals surface area contributed by atoms with Gasteiger partial charge >= 0.3 is 5.97 Å². The minimum absolute atomic E-state index is 0. The molecule has 5 heteroatoms. The highest BCUT2D eigenvalue weighted by molar-refractivity contribution is 5.85. The maximum atomic E-state index is 9.81. The van der Waals surface area contributed by atoms with Crippen LogP contribution in [0, 0.1) is 11.3 Å². The number of hydrogen-bond acceptors (Lipinski definition) is 3. The number of halogens is 1. The Kier molecular flexibility index (Phi) is 6.58. The molecule has 0 amide bonds. The van der Waals surface area contributed by atoms with E-state index >= 15 is 0 Å². The normalized spacial score (nSPS) is 10.7. The zero-order valence-corrected chi connectivity index (χ0v) is 5.39. The summed E-state index contributed by atoms with van der Waals surface area (Å²) in [6, 6.07) is 0.615. The zero-order valence-electron chi connectivity index (χ0n) is 4.57. The summed E-state index contributed by atoms with van der Waals surface area (Å²) >= 11 is 0. The maximum absolute atomic E-state index is 9.81. The lowest BCUT2D eigenvalue weighted by Crippen LogP contribution is -2.29. The van der Waals surface area contributed by atoms with Crippen molar-refractivity contribution < 1.29 is 9.90 Å². The van der Waals surface area contributed by atoms with Crippen LogP contribution in [0.1, 0.15) is 6.42 Å². The summed E-state index contributed by atoms with van der Waals surface area (Å²) in [6.45, 7) is 0. The van der Waals surface area contributed by atoms with Crippen molar-refractivity contribution in [2.24, 2.45) is 5.73 Å². The molecule has 1 atom stereocenters. The number of rotatable bonds is 2. The summed E-state index contributed by atoms with van der Waals surface area (Å²) in [4.78, 5) is 9.81. The van der Waals surface area contributed by atoms with Crippen LogP contribution in [0.15, 0.2) is 0 Å². The summed E-state index contributed by atoms with van der Waals surface area (Å²) in [5.41, 5.74) is 4.90. The third-order valence-corrected chi connectivity index (χ3v) is 0.628. The van der Waals surface area contributed by atoms with Crippen LogP contribution in [0.4, 0.5) is 0 Å². The Balaban J connectivity index is 0. The minimum Gasteiger partial charge on any atom is -0.480 e. The average Bonchev–Trinajstić information content (AvgIpc) is 1.67. The number of nitrogens with two attached hydrogens (primary N) is 1. The highest BCUT2D eigenvalue weighted by Crippen LogP contribution is 1.82. The van der Waals surface area contributed by atoms with E-state index in [1.165, 1.54) is 0 Å². The molecule has 52 valence electrons. The predicted molar refractivity (Wildman–Crippen MR) is 33.1 cm³/mol. The Morgan fingerprint density at radius 1 is 1.89 bits per heavy atom. The van der Waals surface area contributed by atoms with Crippen LogP contribution in [0.5, 0.6) is 0 Å². The molecule has 3 N–H and O–H groups in total. The number of nitriles is 1. The largest absolute Gasteiger partial charge is 0.480 e. The van der Waals surface area contributed by atoms with E-state index in [0.717, 1.165) is 0 Å². The Morgan fingerprint density at radius 2 is 2.33 bits per heavy atom. The second kappa shape index (κ2) is 5.35. The molecule has 0 aromatic heterocycles. The molecule has 0 saturated heterocycles. The van der Waals surface area contributed by atoms with E-state index in [9.17, 15) is 4.79 Å². The van der Waals surface area contributed by atoms with Gasteiger partial charge in [-0.3, -0.25) is 4.79 Å². The highest BCUT2D eigenvalue weighted by Gasteiger charge is 2.08. The van der Waals surface area contributed by atoms with Crippen molar-refractivity contribution in [1.29, 1.82) is 5.26 Å². The van der Waals surface area contributed by atoms with Crippen LogP contribution in [0.3, 0.4) is 0 Å². The molecule has 9 heavy (non-hydrogen) atoms. The van der Waals surface area contributed by atoms with E-state index in [-0.39, 0.29) is 18.8 Å². The van der Waals surface area contributed by atoms with Gasteiger partial charge in [-0.25, -0.2) is 0 Å². The standard InChI is InChI=1S/C4H6N2O2.ClH/c5-2-1-3(6)4(7)8;/h3H,1,6H2,(H,7,8);1H/t3-;/m0./s1. The van der Waals surface area contributed by atoms with Crippen LogP contribution >= 0.6 is 12.4 Å². The molecule has 0 heterocycles. The van der Waals surface area contributed by atoms with Crippen LogP contribution in [0.25, 0.3) is 0 Å². The lowest BCUT2D eigenvalue weighted by molar-refractivity contribution is -0.138. The van der Waals surface area contributed by atoms with Gasteiger partial charge < -0.3 is 10.8 Å². The van der Waals surface area contributed by atoms with Gasteiger partial charge in [0.1, 0.15) is 6.04 Å². The lowest BCUT2D eigenvalue weighted by Gasteiger charge is -1.95. The molecular weight excluding hydrogens is 144 g/mol. The van der Waals surface area contributed by atoms with Gasteiger partial charge in [0.25, 0.3) is 0 Å². The van der Waals surface area contributed by atoms with Gasteiger partial charge in [0.2, 0.25) is 0 Å². The second-order valence-corrected chi connectivity index (χ2v) is 1.31. The molecule has 0 aliphatic carbocycles. The van der Waals surface area contributed by atoms with Gasteiger partial charge in [0.15, 0.2) is 0 Å². The predicted octanol–water partition coefficient (Wildman–Crippen LogP) is -0.266. The first-order valence-corrected chi connectivity index (χ1v) is 2.04. The highest BCUT2D eigenvalue weighted by atomic mass is 35.5. The van der Waals surface area contributed by atoms with Gasteiger partial charge in [-0.15, -0.1) is 12.4 Å². The second-order valence-electron chi connectivity index (χ2n) is 1.31. The summed E-state index contributed by atoms with van der Waals surface area (Å²) in [5, 5.41) is 15.9. The number of aliphatic carboxylic acids is 1. The number of carboxylic acids is 1. The van der Waals surface area contributed by atoms with Gasteiger partial charge in [0.05, 0.1) is 12.5 Å². The van der Waals surface area contributed by atoms with Crippen molar-refractivity contribution in [1.82, 2.24) is 0 Å². The summed E-state index contributed by atoms with van der Waals surface area (Å²) < 4.78 is 0. The van der Waals surface area contributed by atoms with Crippen molar-refractivity contribution >= 4 is 18.4 Å². The van der Waals surface area contributed by atoms with Crippen LogP contribution < -0.4 is 5.73 Å². The molecule has 0 bridgehead atoms. The molecular formula is C4H7ClN2O2. The zero-order chi connectivity index (χ0) is 6.57. The molecule has 4 nitrogen and oxygen atoms in total. The molecule has 0 unspecified atom stereocenters. The lowest BCUT2D eigenvalue weighted by atomic mass is 10.2. The first-order chi connectivity index (χ1) is 3.68. The van der Waals surface area contributed by atoms with Crippen molar-refractivity contribution in [3.8, 4) is 6.07 Å². The van der Waals surface area contributed by atoms with Gasteiger partial charge in [-0.2, -0.15) is 5.26 Å². The van der Waals surface area contributed by atoms with Crippen molar-refractivity contribution in [3.63, 3.8) is 0 Å². The fraction of sp³-hybridized carbons (Fsp3) is 0.500. The van der Waals surface area contributed by atoms with Gasteiger partial charge in [-0.05, 0) is 0 Å². The molecule has 0 fully saturated rings. The molecule has 0 radical (unpaired) electrons. The van der Waals surface area contributed by atoms with Crippen LogP contribution in [-0.4, -0.2) is 17.1 Å². The minimum atomic E-state index is -1.13. The quantitative estimate of drug-likeness (QED) is 0.568. The van der Waals surface area contributed by atoms with E-state index in [4.69, 9.17) is 16.1 Å². The Labute approximate surface area is 58.7 Å². The maximum Gasteiger partial charge on any atom is 0.321 e. The molecule has 0 aliphatic rings. The third kappa shape index (κ3) is 5.07. The van der Waals surface area contributed by atoms with E-state index in [1.807, 2.05) is 0 Å². The van der Waals surface area contributed by atoms with Gasteiger partial charge in [-0.1, -0.05) is 0 Å². The molecule has 0 aromatic rings. The molecule has 0 aromatic carbocycles. The fourth-order valence-electron chi connectivity index (χ4n) is 0.186. The Morgan fingerprint density at radius 3 is 2.44 bits per heavy atom. The van der Waals surface area contributed by atoms with E-state index < -0.39 is 12.0 Å². The summed E-state index contributed by atoms with van der Waals surface area (Å²) in [6.07, 6.45) is -0.130. The van der Waals surface area contributed by atoms with E-state index in [2.05, 4.69) is 0 Å². The number of nitrogens with zero attached hydrogens (tertiary/aromatic N) is 1. The first kappa shape index (κ1) is 11.1. The number of carboxylic acid groups (broad SMARTS) is 1. The molecule has 0 saturated carbocycles. The average molecular weight is 151 g/mol. The van der Waals surface area contributed by atoms with Crippen LogP contribution in [0.2, 0.25) is 0 Å². The SMILES string of the molecule is Cl.N#CC[C@H](N)C(=O)O. The summed E-state index contributed by atoms with van der Waals surface area (Å²) in [5.74, 6) is -1.13. The summed E-state index contributed by atoms with van der Waals surface area (Å²) in [7, 11) is 0.